The molecule has 1 aromatic carbocycles. The molecule has 214 valence electrons. The van der Waals surface area contributed by atoms with E-state index in [-0.39, 0.29) is 12.5 Å². The molecule has 1 rings (SSSR count). The van der Waals surface area contributed by atoms with Crippen LogP contribution in [0.5, 0.6) is 0 Å². The van der Waals surface area contributed by atoms with E-state index in [1.165, 1.54) is 69.8 Å². The number of rotatable bonds is 25. The third-order valence-electron chi connectivity index (χ3n) is 6.43. The fourth-order valence-corrected chi connectivity index (χ4v) is 6.25. The summed E-state index contributed by atoms with van der Waals surface area (Å²) in [4.78, 5) is 12.4. The fourth-order valence-electron chi connectivity index (χ4n) is 4.07. The third kappa shape index (κ3) is 17.0. The second kappa shape index (κ2) is 23.4. The monoisotopic (exact) mass is 574 g/mol. The van der Waals surface area contributed by atoms with Gasteiger partial charge in [-0.25, -0.2) is 4.79 Å². The van der Waals surface area contributed by atoms with Crippen molar-refractivity contribution in [1.82, 2.24) is 0 Å². The van der Waals surface area contributed by atoms with Gasteiger partial charge in [-0.15, -0.1) is 0 Å². The average Bonchev–Trinajstić information content (AvgIpc) is 2.92. The number of carbonyl (C=O) groups excluding carboxylic acids is 1. The van der Waals surface area contributed by atoms with Gasteiger partial charge < -0.3 is 18.6 Å². The predicted molar refractivity (Wildman–Crippen MR) is 162 cm³/mol. The highest BCUT2D eigenvalue weighted by Crippen LogP contribution is 2.30. The standard InChI is InChI=1S/C29H51O5PS2/c1-3-5-7-8-9-10-11-12-13-17-23-36-24-18-22-33-29(31,35-32)28(30)34-37-25-27(19-6-4-2)26-20-15-14-16-21-26/h14-16,20-21,27,31H,3-13,17-19,22-25,35H2,1-2H3. The van der Waals surface area contributed by atoms with Crippen molar-refractivity contribution in [3.8, 4) is 0 Å². The second-order valence-corrected chi connectivity index (χ2v) is 12.7. The highest BCUT2D eigenvalue weighted by Gasteiger charge is 2.39. The molecule has 0 saturated carbocycles. The summed E-state index contributed by atoms with van der Waals surface area (Å²) in [6.07, 6.45) is 17.3. The van der Waals surface area contributed by atoms with Gasteiger partial charge in [0.25, 0.3) is 0 Å². The third-order valence-corrected chi connectivity index (χ3v) is 9.11. The van der Waals surface area contributed by atoms with Crippen molar-refractivity contribution < 1.29 is 23.4 Å². The quantitative estimate of drug-likeness (QED) is 0.0542. The molecule has 0 aromatic heterocycles. The van der Waals surface area contributed by atoms with Gasteiger partial charge in [-0.05, 0) is 42.2 Å². The molecule has 8 heteroatoms. The fraction of sp³-hybridized carbons (Fsp3) is 0.759. The van der Waals surface area contributed by atoms with Crippen molar-refractivity contribution in [1.29, 1.82) is 0 Å². The Balaban J connectivity index is 2.15. The van der Waals surface area contributed by atoms with Gasteiger partial charge in [0.1, 0.15) is 8.46 Å². The minimum atomic E-state index is -2.33. The largest absolute Gasteiger partial charge is 0.387 e. The zero-order valence-corrected chi connectivity index (χ0v) is 26.0. The van der Waals surface area contributed by atoms with Gasteiger partial charge in [0.05, 0.1) is 18.6 Å². The van der Waals surface area contributed by atoms with Crippen LogP contribution in [0.3, 0.4) is 0 Å². The maximum atomic E-state index is 12.4. The summed E-state index contributed by atoms with van der Waals surface area (Å²) in [7, 11) is -1.87. The Morgan fingerprint density at radius 3 is 2.11 bits per heavy atom. The molecule has 0 radical (unpaired) electrons. The summed E-state index contributed by atoms with van der Waals surface area (Å²) >= 11 is 2.87. The summed E-state index contributed by atoms with van der Waals surface area (Å²) in [6.45, 7) is 4.59. The van der Waals surface area contributed by atoms with E-state index in [1.807, 2.05) is 30.0 Å². The Labute approximate surface area is 236 Å². The van der Waals surface area contributed by atoms with Crippen LogP contribution in [0.15, 0.2) is 30.3 Å². The SMILES string of the molecule is CCCCCCCCCCCCSCCCOC(O)([PH2]=O)C(=O)OSCC(CCCC)c1ccccc1. The van der Waals surface area contributed by atoms with Crippen LogP contribution in [-0.2, 0) is 18.3 Å². The molecule has 3 unspecified atom stereocenters. The zero-order chi connectivity index (χ0) is 27.0. The van der Waals surface area contributed by atoms with Gasteiger partial charge in [0.15, 0.2) is 0 Å². The lowest BCUT2D eigenvalue weighted by molar-refractivity contribution is -0.185. The summed E-state index contributed by atoms with van der Waals surface area (Å²) < 4.78 is 22.2. The zero-order valence-electron chi connectivity index (χ0n) is 23.2. The molecule has 0 amide bonds. The normalized spacial score (nSPS) is 14.1. The van der Waals surface area contributed by atoms with Gasteiger partial charge in [0.2, 0.25) is 0 Å². The van der Waals surface area contributed by atoms with Crippen LogP contribution < -0.4 is 0 Å². The first-order chi connectivity index (χ1) is 18.1. The van der Waals surface area contributed by atoms with E-state index in [9.17, 15) is 14.5 Å². The van der Waals surface area contributed by atoms with Gasteiger partial charge in [-0.3, -0.25) is 0 Å². The summed E-state index contributed by atoms with van der Waals surface area (Å²) in [6, 6.07) is 10.2. The van der Waals surface area contributed by atoms with Gasteiger partial charge in [-0.1, -0.05) is 115 Å². The number of carbonyl (C=O) groups is 1. The van der Waals surface area contributed by atoms with E-state index in [2.05, 4.69) is 26.0 Å². The minimum Gasteiger partial charge on any atom is -0.387 e. The molecular formula is C29H51O5PS2. The van der Waals surface area contributed by atoms with Crippen LogP contribution >= 0.6 is 32.3 Å². The smallest absolute Gasteiger partial charge is 0.386 e. The average molecular weight is 575 g/mol. The number of unbranched alkanes of at least 4 members (excludes halogenated alkanes) is 10. The Bertz CT molecular complexity index is 694. The molecule has 0 spiro atoms. The lowest BCUT2D eigenvalue weighted by atomic mass is 9.95. The van der Waals surface area contributed by atoms with Crippen LogP contribution in [-0.4, -0.2) is 40.5 Å². The molecular weight excluding hydrogens is 523 g/mol. The van der Waals surface area contributed by atoms with Crippen molar-refractivity contribution in [3.63, 3.8) is 0 Å². The van der Waals surface area contributed by atoms with Crippen molar-refractivity contribution >= 4 is 38.2 Å². The van der Waals surface area contributed by atoms with Gasteiger partial charge >= 0.3 is 11.5 Å². The first-order valence-electron chi connectivity index (χ1n) is 14.4. The van der Waals surface area contributed by atoms with E-state index in [4.69, 9.17) is 8.92 Å². The maximum absolute atomic E-state index is 12.4. The van der Waals surface area contributed by atoms with Crippen LogP contribution in [0.4, 0.5) is 0 Å². The number of hydrogen-bond acceptors (Lipinski definition) is 7. The molecule has 0 saturated heterocycles. The summed E-state index contributed by atoms with van der Waals surface area (Å²) in [5, 5.41) is 10.4. The van der Waals surface area contributed by atoms with Crippen molar-refractivity contribution in [3.05, 3.63) is 35.9 Å². The summed E-state index contributed by atoms with van der Waals surface area (Å²) in [5.74, 6) is 1.87. The predicted octanol–water partition coefficient (Wildman–Crippen LogP) is 8.62. The Hall–Kier alpha value is -0.460. The van der Waals surface area contributed by atoms with Gasteiger partial charge in [0, 0.05) is 5.75 Å². The molecule has 0 aliphatic carbocycles. The van der Waals surface area contributed by atoms with E-state index >= 15 is 0 Å². The number of hydrogen-bond donors (Lipinski definition) is 1. The van der Waals surface area contributed by atoms with Crippen molar-refractivity contribution in [2.75, 3.05) is 23.9 Å². The molecule has 0 heterocycles. The highest BCUT2D eigenvalue weighted by atomic mass is 32.2. The van der Waals surface area contributed by atoms with Crippen LogP contribution in [0.25, 0.3) is 0 Å². The lowest BCUT2D eigenvalue weighted by Gasteiger charge is -2.21. The highest BCUT2D eigenvalue weighted by molar-refractivity contribution is 7.99. The number of aliphatic hydroxyl groups is 1. The molecule has 5 nitrogen and oxygen atoms in total. The summed E-state index contributed by atoms with van der Waals surface area (Å²) in [5.41, 5.74) is -1.13. The lowest BCUT2D eigenvalue weighted by Crippen LogP contribution is -2.36. The van der Waals surface area contributed by atoms with E-state index in [1.54, 1.807) is 0 Å². The molecule has 1 aromatic rings. The second-order valence-electron chi connectivity index (χ2n) is 9.72. The van der Waals surface area contributed by atoms with E-state index < -0.39 is 20.0 Å². The van der Waals surface area contributed by atoms with Crippen molar-refractivity contribution in [2.45, 2.75) is 115 Å². The van der Waals surface area contributed by atoms with Crippen LogP contribution in [0.1, 0.15) is 115 Å². The first-order valence-corrected chi connectivity index (χ1v) is 17.5. The van der Waals surface area contributed by atoms with Gasteiger partial charge in [-0.2, -0.15) is 11.8 Å². The molecule has 3 atom stereocenters. The maximum Gasteiger partial charge on any atom is 0.386 e. The Morgan fingerprint density at radius 1 is 0.892 bits per heavy atom. The molecule has 0 bridgehead atoms. The molecule has 1 N–H and O–H groups in total. The molecule has 0 fully saturated rings. The Kier molecular flexibility index (Phi) is 21.9. The van der Waals surface area contributed by atoms with Crippen molar-refractivity contribution in [2.24, 2.45) is 0 Å². The number of benzene rings is 1. The van der Waals surface area contributed by atoms with E-state index in [0.29, 0.717) is 12.2 Å². The van der Waals surface area contributed by atoms with Crippen LogP contribution in [0.2, 0.25) is 0 Å². The molecule has 0 aliphatic heterocycles. The topological polar surface area (TPSA) is 72.8 Å². The molecule has 37 heavy (non-hydrogen) atoms. The number of thioether (sulfide) groups is 1. The number of ether oxygens (including phenoxy) is 1. The van der Waals surface area contributed by atoms with E-state index in [0.717, 1.165) is 42.8 Å². The Morgan fingerprint density at radius 2 is 1.49 bits per heavy atom. The molecule has 0 aliphatic rings. The minimum absolute atomic E-state index is 0.180. The first kappa shape index (κ1) is 34.6. The van der Waals surface area contributed by atoms with Crippen LogP contribution in [0, 0.1) is 0 Å².